The van der Waals surface area contributed by atoms with Crippen molar-refractivity contribution in [3.8, 4) is 5.75 Å². The van der Waals surface area contributed by atoms with Gasteiger partial charge in [0.1, 0.15) is 23.3 Å². The largest absolute Gasteiger partial charge is 0.510 e. The predicted octanol–water partition coefficient (Wildman–Crippen LogP) is 4.05. The molecule has 0 fully saturated rings. The van der Waals surface area contributed by atoms with Gasteiger partial charge in [0.25, 0.3) is 0 Å². The fraction of sp³-hybridized carbons (Fsp3) is 0.292. The summed E-state index contributed by atoms with van der Waals surface area (Å²) in [5.41, 5.74) is 9.64. The van der Waals surface area contributed by atoms with Crippen molar-refractivity contribution in [3.63, 3.8) is 0 Å². The molecule has 162 valence electrons. The lowest BCUT2D eigenvalue weighted by atomic mass is 9.85. The van der Waals surface area contributed by atoms with E-state index < -0.39 is 12.3 Å². The number of fused-ring (bicyclic) bond motifs is 1. The van der Waals surface area contributed by atoms with E-state index in [1.165, 1.54) is 0 Å². The molecule has 1 aliphatic carbocycles. The van der Waals surface area contributed by atoms with Crippen molar-refractivity contribution < 1.29 is 19.7 Å². The van der Waals surface area contributed by atoms with Gasteiger partial charge in [-0.3, -0.25) is 0 Å². The zero-order chi connectivity index (χ0) is 22.1. The summed E-state index contributed by atoms with van der Waals surface area (Å²) < 4.78 is 12.9. The number of nitrogens with zero attached hydrogens (tertiary/aromatic N) is 2. The fourth-order valence-corrected chi connectivity index (χ4v) is 4.19. The number of aliphatic hydroxyl groups is 2. The molecule has 0 bridgehead atoms. The minimum Gasteiger partial charge on any atom is -0.510 e. The van der Waals surface area contributed by atoms with E-state index in [9.17, 15) is 10.2 Å². The zero-order valence-corrected chi connectivity index (χ0v) is 17.8. The average molecular weight is 421 g/mol. The van der Waals surface area contributed by atoms with Gasteiger partial charge in [-0.1, -0.05) is 13.0 Å². The molecule has 0 spiro atoms. The number of rotatable bonds is 6. The monoisotopic (exact) mass is 421 g/mol. The summed E-state index contributed by atoms with van der Waals surface area (Å²) in [4.78, 5) is 4.53. The molecule has 0 saturated heterocycles. The normalized spacial score (nSPS) is 19.7. The van der Waals surface area contributed by atoms with E-state index in [1.807, 2.05) is 38.3 Å². The third kappa shape index (κ3) is 3.66. The van der Waals surface area contributed by atoms with Crippen LogP contribution in [0.15, 0.2) is 60.6 Å². The van der Waals surface area contributed by atoms with Gasteiger partial charge in [-0.05, 0) is 42.8 Å². The molecular weight excluding hydrogens is 394 g/mol. The number of aliphatic hydroxyl groups excluding tert-OH is 2. The van der Waals surface area contributed by atoms with Gasteiger partial charge in [0.05, 0.1) is 6.61 Å². The van der Waals surface area contributed by atoms with E-state index in [0.29, 0.717) is 29.3 Å². The maximum absolute atomic E-state index is 11.3. The van der Waals surface area contributed by atoms with Crippen LogP contribution in [0.5, 0.6) is 5.75 Å². The van der Waals surface area contributed by atoms with E-state index in [2.05, 4.69) is 4.98 Å². The molecule has 0 amide bonds. The summed E-state index contributed by atoms with van der Waals surface area (Å²) in [5, 5.41) is 22.4. The van der Waals surface area contributed by atoms with Gasteiger partial charge < -0.3 is 30.0 Å². The zero-order valence-electron chi connectivity index (χ0n) is 17.8. The van der Waals surface area contributed by atoms with Gasteiger partial charge in [0, 0.05) is 53.7 Å². The van der Waals surface area contributed by atoms with Crippen molar-refractivity contribution >= 4 is 22.3 Å². The lowest BCUT2D eigenvalue weighted by Crippen LogP contribution is -2.26. The van der Waals surface area contributed by atoms with Crippen LogP contribution in [0.4, 0.5) is 5.69 Å². The fourth-order valence-electron chi connectivity index (χ4n) is 4.19. The average Bonchev–Trinajstić information content (AvgIpc) is 3.14. The smallest absolute Gasteiger partial charge is 0.161 e. The highest BCUT2D eigenvalue weighted by Crippen LogP contribution is 2.39. The molecule has 3 unspecified atom stereocenters. The summed E-state index contributed by atoms with van der Waals surface area (Å²) in [5.74, 6) is 0.651. The molecule has 4 rings (SSSR count). The van der Waals surface area contributed by atoms with Crippen molar-refractivity contribution in [1.29, 1.82) is 0 Å². The van der Waals surface area contributed by atoms with E-state index >= 15 is 0 Å². The first-order valence-electron chi connectivity index (χ1n) is 10.3. The summed E-state index contributed by atoms with van der Waals surface area (Å²) in [6.45, 7) is 4.35. The number of ether oxygens (including phenoxy) is 2. The maximum atomic E-state index is 11.3. The van der Waals surface area contributed by atoms with Gasteiger partial charge >= 0.3 is 0 Å². The SMILES string of the molecule is CCOc1cc(N)ccc1C(O)n1cc(C2=CC=C(O)C(OC)C2C)c2cccnc21. The minimum atomic E-state index is -1.02. The second-order valence-corrected chi connectivity index (χ2v) is 7.59. The number of benzene rings is 1. The third-order valence-corrected chi connectivity index (χ3v) is 5.70. The van der Waals surface area contributed by atoms with E-state index in [1.54, 1.807) is 42.1 Å². The molecule has 4 N–H and O–H groups in total. The molecule has 2 heterocycles. The van der Waals surface area contributed by atoms with Crippen LogP contribution in [-0.2, 0) is 4.74 Å². The Morgan fingerprint density at radius 1 is 1.26 bits per heavy atom. The van der Waals surface area contributed by atoms with Gasteiger partial charge in [0.15, 0.2) is 6.23 Å². The Kier molecular flexibility index (Phi) is 5.71. The lowest BCUT2D eigenvalue weighted by Gasteiger charge is -2.27. The Morgan fingerprint density at radius 2 is 2.06 bits per heavy atom. The Bertz CT molecular complexity index is 1160. The molecule has 0 aliphatic heterocycles. The number of hydrogen-bond donors (Lipinski definition) is 3. The molecule has 2 aromatic heterocycles. The Balaban J connectivity index is 1.85. The summed E-state index contributed by atoms with van der Waals surface area (Å²) in [7, 11) is 1.58. The van der Waals surface area contributed by atoms with E-state index in [4.69, 9.17) is 15.2 Å². The predicted molar refractivity (Wildman–Crippen MR) is 121 cm³/mol. The molecule has 3 aromatic rings. The van der Waals surface area contributed by atoms with Crippen molar-refractivity contribution in [2.75, 3.05) is 19.5 Å². The van der Waals surface area contributed by atoms with Crippen molar-refractivity contribution in [2.45, 2.75) is 26.2 Å². The molecule has 31 heavy (non-hydrogen) atoms. The first-order valence-corrected chi connectivity index (χ1v) is 10.3. The van der Waals surface area contributed by atoms with Crippen LogP contribution in [0, 0.1) is 5.92 Å². The topological polar surface area (TPSA) is 103 Å². The second-order valence-electron chi connectivity index (χ2n) is 7.59. The minimum absolute atomic E-state index is 0.0816. The number of methoxy groups -OCH3 is 1. The van der Waals surface area contributed by atoms with Gasteiger partial charge in [-0.15, -0.1) is 0 Å². The standard InChI is InChI=1S/C24H27N3O4/c1-4-31-21-12-15(25)7-8-18(21)24(29)27-13-19(17-6-5-11-26-23(17)27)16-9-10-20(28)22(30-3)14(16)2/h5-14,22,24,28-29H,4,25H2,1-3H3. The third-order valence-electron chi connectivity index (χ3n) is 5.70. The molecular formula is C24H27N3O4. The molecule has 0 radical (unpaired) electrons. The molecule has 7 nitrogen and oxygen atoms in total. The van der Waals surface area contributed by atoms with Crippen LogP contribution < -0.4 is 10.5 Å². The van der Waals surface area contributed by atoms with Gasteiger partial charge in [-0.2, -0.15) is 0 Å². The maximum Gasteiger partial charge on any atom is 0.161 e. The van der Waals surface area contributed by atoms with Crippen LogP contribution in [-0.4, -0.2) is 39.6 Å². The van der Waals surface area contributed by atoms with Crippen LogP contribution in [0.1, 0.15) is 31.2 Å². The first-order chi connectivity index (χ1) is 15.0. The van der Waals surface area contributed by atoms with Gasteiger partial charge in [-0.25, -0.2) is 4.98 Å². The first kappa shape index (κ1) is 21.0. The summed E-state index contributed by atoms with van der Waals surface area (Å²) in [6.07, 6.45) is 5.69. The summed E-state index contributed by atoms with van der Waals surface area (Å²) in [6, 6.07) is 9.06. The number of pyridine rings is 1. The van der Waals surface area contributed by atoms with Crippen LogP contribution in [0.3, 0.4) is 0 Å². The highest BCUT2D eigenvalue weighted by atomic mass is 16.5. The molecule has 0 saturated carbocycles. The molecule has 1 aromatic carbocycles. The molecule has 1 aliphatic rings. The van der Waals surface area contributed by atoms with Crippen LogP contribution >= 0.6 is 0 Å². The number of hydrogen-bond acceptors (Lipinski definition) is 6. The Labute approximate surface area is 181 Å². The number of allylic oxidation sites excluding steroid dienone is 2. The highest BCUT2D eigenvalue weighted by Gasteiger charge is 2.30. The summed E-state index contributed by atoms with van der Waals surface area (Å²) >= 11 is 0. The lowest BCUT2D eigenvalue weighted by molar-refractivity contribution is 0.0691. The Morgan fingerprint density at radius 3 is 2.81 bits per heavy atom. The van der Waals surface area contributed by atoms with E-state index in [0.717, 1.165) is 16.5 Å². The van der Waals surface area contributed by atoms with Crippen LogP contribution in [0.25, 0.3) is 16.6 Å². The van der Waals surface area contributed by atoms with Crippen LogP contribution in [0.2, 0.25) is 0 Å². The highest BCUT2D eigenvalue weighted by molar-refractivity contribution is 5.92. The van der Waals surface area contributed by atoms with Crippen molar-refractivity contribution in [3.05, 3.63) is 71.8 Å². The Hall–Kier alpha value is -3.29. The number of anilines is 1. The second kappa shape index (κ2) is 8.45. The number of nitrogen functional groups attached to an aromatic ring is 1. The quantitative estimate of drug-likeness (QED) is 0.519. The van der Waals surface area contributed by atoms with Gasteiger partial charge in [0.2, 0.25) is 0 Å². The van der Waals surface area contributed by atoms with Crippen molar-refractivity contribution in [2.24, 2.45) is 5.92 Å². The number of aromatic nitrogens is 2. The molecule has 7 heteroatoms. The number of nitrogens with two attached hydrogens (primary N) is 1. The van der Waals surface area contributed by atoms with Crippen molar-refractivity contribution in [1.82, 2.24) is 9.55 Å². The molecule has 3 atom stereocenters. The van der Waals surface area contributed by atoms with E-state index in [-0.39, 0.29) is 11.7 Å².